The summed E-state index contributed by atoms with van der Waals surface area (Å²) < 4.78 is 11.0. The van der Waals surface area contributed by atoms with Crippen molar-refractivity contribution in [3.8, 4) is 0 Å². The van der Waals surface area contributed by atoms with Gasteiger partial charge < -0.3 is 14.4 Å². The molecule has 1 aliphatic carbocycles. The van der Waals surface area contributed by atoms with Gasteiger partial charge in [-0.05, 0) is 32.6 Å². The monoisotopic (exact) mass is 293 g/mol. The van der Waals surface area contributed by atoms with Gasteiger partial charge in [-0.15, -0.1) is 0 Å². The maximum Gasteiger partial charge on any atom is 0.335 e. The van der Waals surface area contributed by atoms with Crippen molar-refractivity contribution >= 4 is 11.9 Å². The van der Waals surface area contributed by atoms with Crippen LogP contribution in [0.5, 0.6) is 0 Å². The van der Waals surface area contributed by atoms with Crippen LogP contribution >= 0.6 is 0 Å². The molecule has 21 heavy (non-hydrogen) atoms. The Hall–Kier alpha value is -1.36. The van der Waals surface area contributed by atoms with Gasteiger partial charge in [0.15, 0.2) is 0 Å². The quantitative estimate of drug-likeness (QED) is 0.692. The largest absolute Gasteiger partial charge is 0.451 e. The molecule has 0 N–H and O–H groups in total. The zero-order chi connectivity index (χ0) is 14.9. The summed E-state index contributed by atoms with van der Waals surface area (Å²) in [5, 5.41) is 0. The molecule has 0 atom stereocenters. The summed E-state index contributed by atoms with van der Waals surface area (Å²) in [5.74, 6) is -0.336. The van der Waals surface area contributed by atoms with E-state index < -0.39 is 5.60 Å². The van der Waals surface area contributed by atoms with Gasteiger partial charge in [0, 0.05) is 18.7 Å². The molecule has 5 heteroatoms. The topological polar surface area (TPSA) is 55.8 Å². The highest BCUT2D eigenvalue weighted by Crippen LogP contribution is 2.43. The minimum Gasteiger partial charge on any atom is -0.451 e. The summed E-state index contributed by atoms with van der Waals surface area (Å²) >= 11 is 0. The van der Waals surface area contributed by atoms with Crippen molar-refractivity contribution in [2.24, 2.45) is 0 Å². The Morgan fingerprint density at radius 2 is 1.71 bits per heavy atom. The molecule has 3 aliphatic rings. The van der Waals surface area contributed by atoms with Gasteiger partial charge in [-0.1, -0.05) is 12.8 Å². The first-order valence-corrected chi connectivity index (χ1v) is 7.96. The average Bonchev–Trinajstić information content (AvgIpc) is 2.66. The van der Waals surface area contributed by atoms with Crippen molar-refractivity contribution in [2.75, 3.05) is 26.3 Å². The Labute approximate surface area is 125 Å². The molecule has 1 saturated carbocycles. The third-order valence-corrected chi connectivity index (χ3v) is 4.85. The molecule has 2 aliphatic heterocycles. The summed E-state index contributed by atoms with van der Waals surface area (Å²) in [5.41, 5.74) is 0.470. The number of esters is 1. The average molecular weight is 293 g/mol. The van der Waals surface area contributed by atoms with E-state index in [0.29, 0.717) is 37.4 Å². The second-order valence-electron chi connectivity index (χ2n) is 6.20. The molecule has 1 spiro atoms. The predicted octanol–water partition coefficient (Wildman–Crippen LogP) is 1.81. The summed E-state index contributed by atoms with van der Waals surface area (Å²) in [4.78, 5) is 26.8. The first kappa shape index (κ1) is 14.6. The van der Waals surface area contributed by atoms with Crippen molar-refractivity contribution in [3.05, 3.63) is 11.1 Å². The lowest BCUT2D eigenvalue weighted by Crippen LogP contribution is -2.46. The normalized spacial score (nSPS) is 26.0. The van der Waals surface area contributed by atoms with E-state index in [0.717, 1.165) is 38.5 Å². The second-order valence-corrected chi connectivity index (χ2v) is 6.20. The van der Waals surface area contributed by atoms with Crippen LogP contribution in [0, 0.1) is 0 Å². The van der Waals surface area contributed by atoms with E-state index in [1.54, 1.807) is 11.8 Å². The standard InChI is InChI=1S/C16H23NO4/c1-12-13(14(18)17-8-10-20-11-9-17)16(21-15(12)19)6-4-2-3-5-7-16/h2-11H2,1H3. The van der Waals surface area contributed by atoms with Crippen LogP contribution in [0.25, 0.3) is 0 Å². The van der Waals surface area contributed by atoms with Crippen LogP contribution in [-0.4, -0.2) is 48.7 Å². The molecule has 1 saturated heterocycles. The second kappa shape index (κ2) is 5.79. The minimum absolute atomic E-state index is 0.0245. The van der Waals surface area contributed by atoms with Gasteiger partial charge in [0.25, 0.3) is 5.91 Å². The molecule has 5 nitrogen and oxygen atoms in total. The lowest BCUT2D eigenvalue weighted by atomic mass is 9.84. The molecule has 2 heterocycles. The number of hydrogen-bond acceptors (Lipinski definition) is 4. The number of ether oxygens (including phenoxy) is 2. The highest BCUT2D eigenvalue weighted by molar-refractivity contribution is 6.07. The third-order valence-electron chi connectivity index (χ3n) is 4.85. The maximum absolute atomic E-state index is 12.9. The van der Waals surface area contributed by atoms with Crippen molar-refractivity contribution in [3.63, 3.8) is 0 Å². The van der Waals surface area contributed by atoms with Crippen LogP contribution in [0.3, 0.4) is 0 Å². The predicted molar refractivity (Wildman–Crippen MR) is 76.6 cm³/mol. The molecular weight excluding hydrogens is 270 g/mol. The zero-order valence-corrected chi connectivity index (χ0v) is 12.7. The van der Waals surface area contributed by atoms with E-state index in [1.807, 2.05) is 0 Å². The lowest BCUT2D eigenvalue weighted by Gasteiger charge is -2.34. The Kier molecular flexibility index (Phi) is 4.02. The van der Waals surface area contributed by atoms with Gasteiger partial charge in [0.2, 0.25) is 0 Å². The molecular formula is C16H23NO4. The Morgan fingerprint density at radius 1 is 1.10 bits per heavy atom. The SMILES string of the molecule is CC1=C(C(=O)N2CCOCC2)C2(CCCCCC2)OC1=O. The van der Waals surface area contributed by atoms with Gasteiger partial charge >= 0.3 is 5.97 Å². The van der Waals surface area contributed by atoms with E-state index >= 15 is 0 Å². The van der Waals surface area contributed by atoms with Crippen LogP contribution < -0.4 is 0 Å². The fourth-order valence-corrected chi connectivity index (χ4v) is 3.68. The van der Waals surface area contributed by atoms with Gasteiger partial charge in [-0.3, -0.25) is 4.79 Å². The van der Waals surface area contributed by atoms with E-state index in [4.69, 9.17) is 9.47 Å². The van der Waals surface area contributed by atoms with Crippen LogP contribution in [-0.2, 0) is 19.1 Å². The van der Waals surface area contributed by atoms with Crippen LogP contribution in [0.1, 0.15) is 45.4 Å². The highest BCUT2D eigenvalue weighted by Gasteiger charge is 2.50. The van der Waals surface area contributed by atoms with E-state index in [1.165, 1.54) is 0 Å². The summed E-state index contributed by atoms with van der Waals surface area (Å²) in [6, 6.07) is 0. The summed E-state index contributed by atoms with van der Waals surface area (Å²) in [7, 11) is 0. The van der Waals surface area contributed by atoms with Gasteiger partial charge in [-0.25, -0.2) is 4.79 Å². The number of morpholine rings is 1. The highest BCUT2D eigenvalue weighted by atomic mass is 16.6. The first-order chi connectivity index (χ1) is 10.1. The van der Waals surface area contributed by atoms with Gasteiger partial charge in [0.05, 0.1) is 18.8 Å². The van der Waals surface area contributed by atoms with E-state index in [9.17, 15) is 9.59 Å². The number of carbonyl (C=O) groups is 2. The molecule has 0 aromatic heterocycles. The number of hydrogen-bond donors (Lipinski definition) is 0. The van der Waals surface area contributed by atoms with Gasteiger partial charge in [-0.2, -0.15) is 0 Å². The molecule has 0 bridgehead atoms. The Morgan fingerprint density at radius 3 is 2.33 bits per heavy atom. The first-order valence-electron chi connectivity index (χ1n) is 7.96. The molecule has 0 aromatic carbocycles. The lowest BCUT2D eigenvalue weighted by molar-refractivity contribution is -0.149. The Balaban J connectivity index is 1.91. The van der Waals surface area contributed by atoms with Crippen LogP contribution in [0.2, 0.25) is 0 Å². The van der Waals surface area contributed by atoms with Crippen molar-refractivity contribution in [2.45, 2.75) is 51.0 Å². The fraction of sp³-hybridized carbons (Fsp3) is 0.750. The summed E-state index contributed by atoms with van der Waals surface area (Å²) in [6.07, 6.45) is 5.89. The number of amides is 1. The number of nitrogens with zero attached hydrogens (tertiary/aromatic N) is 1. The molecule has 0 unspecified atom stereocenters. The maximum atomic E-state index is 12.9. The van der Waals surface area contributed by atoms with Crippen LogP contribution in [0.4, 0.5) is 0 Å². The smallest absolute Gasteiger partial charge is 0.335 e. The molecule has 0 radical (unpaired) electrons. The van der Waals surface area contributed by atoms with Crippen LogP contribution in [0.15, 0.2) is 11.1 Å². The summed E-state index contributed by atoms with van der Waals surface area (Å²) in [6.45, 7) is 4.06. The Bertz CT molecular complexity index is 469. The van der Waals surface area contributed by atoms with E-state index in [-0.39, 0.29) is 11.9 Å². The van der Waals surface area contributed by atoms with Crippen molar-refractivity contribution < 1.29 is 19.1 Å². The number of rotatable bonds is 1. The molecule has 0 aromatic rings. The van der Waals surface area contributed by atoms with Gasteiger partial charge in [0.1, 0.15) is 5.60 Å². The minimum atomic E-state index is -0.660. The number of carbonyl (C=O) groups excluding carboxylic acids is 2. The van der Waals surface area contributed by atoms with Crippen molar-refractivity contribution in [1.29, 1.82) is 0 Å². The molecule has 116 valence electrons. The molecule has 3 rings (SSSR count). The zero-order valence-electron chi connectivity index (χ0n) is 12.7. The molecule has 2 fully saturated rings. The third kappa shape index (κ3) is 2.59. The van der Waals surface area contributed by atoms with Crippen molar-refractivity contribution in [1.82, 2.24) is 4.90 Å². The molecule has 1 amide bonds. The fourth-order valence-electron chi connectivity index (χ4n) is 3.68. The van der Waals surface area contributed by atoms with E-state index in [2.05, 4.69) is 0 Å².